The molecular weight excluding hydrogens is 314 g/mol. The molecule has 1 aromatic carbocycles. The summed E-state index contributed by atoms with van der Waals surface area (Å²) >= 11 is 8.82. The lowest BCUT2D eigenvalue weighted by Crippen LogP contribution is -2.12. The fraction of sp³-hybridized carbons (Fsp3) is 0.455. The molecule has 0 aliphatic heterocycles. The van der Waals surface area contributed by atoms with Gasteiger partial charge in [0.25, 0.3) is 0 Å². The van der Waals surface area contributed by atoms with E-state index < -0.39 is 11.9 Å². The third-order valence-electron chi connectivity index (χ3n) is 2.13. The molecule has 0 bridgehead atoms. The zero-order chi connectivity index (χ0) is 12.8. The van der Waals surface area contributed by atoms with E-state index in [2.05, 4.69) is 15.9 Å². The maximum absolute atomic E-state index is 13.7. The molecule has 3 nitrogen and oxygen atoms in total. The van der Waals surface area contributed by atoms with Gasteiger partial charge in [0.15, 0.2) is 0 Å². The Kier molecular flexibility index (Phi) is 6.37. The smallest absolute Gasteiger partial charge is 0.148 e. The van der Waals surface area contributed by atoms with Gasteiger partial charge in [0.2, 0.25) is 0 Å². The summed E-state index contributed by atoms with van der Waals surface area (Å²) in [5.74, 6) is -0.635. The topological polar surface area (TPSA) is 38.7 Å². The van der Waals surface area contributed by atoms with E-state index in [9.17, 15) is 9.50 Å². The fourth-order valence-corrected chi connectivity index (χ4v) is 1.70. The van der Waals surface area contributed by atoms with Crippen molar-refractivity contribution < 1.29 is 19.0 Å². The normalized spacial score (nSPS) is 12.8. The third-order valence-corrected chi connectivity index (χ3v) is 3.39. The summed E-state index contributed by atoms with van der Waals surface area (Å²) in [5.41, 5.74) is 0.121. The lowest BCUT2D eigenvalue weighted by atomic mass is 10.1. The van der Waals surface area contributed by atoms with Crippen molar-refractivity contribution in [3.05, 3.63) is 33.0 Å². The minimum Gasteiger partial charge on any atom is -0.386 e. The lowest BCUT2D eigenvalue weighted by Gasteiger charge is -2.13. The summed E-state index contributed by atoms with van der Waals surface area (Å²) in [7, 11) is 1.55. The van der Waals surface area contributed by atoms with Crippen LogP contribution in [-0.4, -0.2) is 32.0 Å². The average Bonchev–Trinajstić information content (AvgIpc) is 2.31. The van der Waals surface area contributed by atoms with Crippen LogP contribution in [0.3, 0.4) is 0 Å². The molecule has 1 unspecified atom stereocenters. The molecular formula is C11H13BrClFO3. The fourth-order valence-electron chi connectivity index (χ4n) is 1.23. The molecule has 96 valence electrons. The summed E-state index contributed by atoms with van der Waals surface area (Å²) in [6.07, 6.45) is -1.04. The zero-order valence-electron chi connectivity index (χ0n) is 9.25. The zero-order valence-corrected chi connectivity index (χ0v) is 11.6. The van der Waals surface area contributed by atoms with Gasteiger partial charge in [0.05, 0.1) is 24.8 Å². The Morgan fingerprint density at radius 1 is 1.47 bits per heavy atom. The Balaban J connectivity index is 2.63. The lowest BCUT2D eigenvalue weighted by molar-refractivity contribution is 0.0114. The summed E-state index contributed by atoms with van der Waals surface area (Å²) in [4.78, 5) is 0. The maximum atomic E-state index is 13.7. The van der Waals surface area contributed by atoms with Crippen molar-refractivity contribution >= 4 is 27.5 Å². The first-order valence-electron chi connectivity index (χ1n) is 4.96. The second-order valence-corrected chi connectivity index (χ2v) is 4.58. The monoisotopic (exact) mass is 326 g/mol. The van der Waals surface area contributed by atoms with Gasteiger partial charge < -0.3 is 14.6 Å². The van der Waals surface area contributed by atoms with Crippen LogP contribution in [0.5, 0.6) is 0 Å². The second kappa shape index (κ2) is 7.28. The van der Waals surface area contributed by atoms with Crippen molar-refractivity contribution in [2.24, 2.45) is 0 Å². The van der Waals surface area contributed by atoms with Crippen LogP contribution in [-0.2, 0) is 9.47 Å². The molecule has 0 fully saturated rings. The van der Waals surface area contributed by atoms with E-state index in [0.29, 0.717) is 17.7 Å². The first-order chi connectivity index (χ1) is 8.07. The third kappa shape index (κ3) is 4.19. The molecule has 0 spiro atoms. The van der Waals surface area contributed by atoms with Crippen LogP contribution >= 0.6 is 27.5 Å². The second-order valence-electron chi connectivity index (χ2n) is 3.35. The molecule has 0 saturated heterocycles. The molecule has 0 amide bonds. The minimum absolute atomic E-state index is 0.00174. The van der Waals surface area contributed by atoms with E-state index in [4.69, 9.17) is 21.1 Å². The molecule has 1 atom stereocenters. The quantitative estimate of drug-likeness (QED) is 0.645. The van der Waals surface area contributed by atoms with Crippen LogP contribution in [0.1, 0.15) is 11.7 Å². The first kappa shape index (κ1) is 14.9. The Bertz CT molecular complexity index is 376. The van der Waals surface area contributed by atoms with Crippen LogP contribution in [0.2, 0.25) is 5.02 Å². The van der Waals surface area contributed by atoms with Gasteiger partial charge in [0, 0.05) is 17.1 Å². The number of hydrogen-bond donors (Lipinski definition) is 1. The van der Waals surface area contributed by atoms with Crippen LogP contribution in [0.15, 0.2) is 16.6 Å². The van der Waals surface area contributed by atoms with Crippen molar-refractivity contribution in [1.82, 2.24) is 0 Å². The average molecular weight is 328 g/mol. The van der Waals surface area contributed by atoms with E-state index >= 15 is 0 Å². The van der Waals surface area contributed by atoms with Crippen LogP contribution in [0.4, 0.5) is 4.39 Å². The molecule has 0 aromatic heterocycles. The number of halogens is 3. The number of aliphatic hydroxyl groups excluding tert-OH is 1. The van der Waals surface area contributed by atoms with Crippen molar-refractivity contribution in [2.45, 2.75) is 6.10 Å². The molecule has 0 aliphatic carbocycles. The highest BCUT2D eigenvalue weighted by Crippen LogP contribution is 2.30. The van der Waals surface area contributed by atoms with Crippen LogP contribution < -0.4 is 0 Å². The molecule has 17 heavy (non-hydrogen) atoms. The summed E-state index contributed by atoms with van der Waals surface area (Å²) < 4.78 is 24.0. The summed E-state index contributed by atoms with van der Waals surface area (Å²) in [6.45, 7) is 0.772. The number of aliphatic hydroxyl groups is 1. The van der Waals surface area contributed by atoms with Gasteiger partial charge in [-0.15, -0.1) is 0 Å². The standard InChI is InChI=1S/C11H13BrClFO3/c1-16-4-5-17-6-9(15)7-2-3-8(12)10(13)11(7)14/h2-3,9,15H,4-6H2,1H3. The van der Waals surface area contributed by atoms with E-state index in [1.54, 1.807) is 13.2 Å². The Morgan fingerprint density at radius 2 is 2.18 bits per heavy atom. The Hall–Kier alpha value is -0.200. The molecule has 0 saturated carbocycles. The van der Waals surface area contributed by atoms with Crippen LogP contribution in [0.25, 0.3) is 0 Å². The van der Waals surface area contributed by atoms with Gasteiger partial charge in [-0.05, 0) is 22.0 Å². The van der Waals surface area contributed by atoms with Crippen molar-refractivity contribution in [3.8, 4) is 0 Å². The molecule has 6 heteroatoms. The molecule has 0 heterocycles. The largest absolute Gasteiger partial charge is 0.386 e. The van der Waals surface area contributed by atoms with Gasteiger partial charge in [-0.1, -0.05) is 17.7 Å². The van der Waals surface area contributed by atoms with Crippen LogP contribution in [0, 0.1) is 5.82 Å². The first-order valence-corrected chi connectivity index (χ1v) is 6.13. The Labute approximate surface area is 113 Å². The number of ether oxygens (including phenoxy) is 2. The van der Waals surface area contributed by atoms with Gasteiger partial charge >= 0.3 is 0 Å². The van der Waals surface area contributed by atoms with Crippen molar-refractivity contribution in [3.63, 3.8) is 0 Å². The summed E-state index contributed by atoms with van der Waals surface area (Å²) in [6, 6.07) is 3.05. The van der Waals surface area contributed by atoms with E-state index in [1.807, 2.05) is 0 Å². The summed E-state index contributed by atoms with van der Waals surface area (Å²) in [5, 5.41) is 9.69. The SMILES string of the molecule is COCCOCC(O)c1ccc(Br)c(Cl)c1F. The highest BCUT2D eigenvalue weighted by atomic mass is 79.9. The van der Waals surface area contributed by atoms with Gasteiger partial charge in [-0.2, -0.15) is 0 Å². The minimum atomic E-state index is -1.04. The maximum Gasteiger partial charge on any atom is 0.148 e. The highest BCUT2D eigenvalue weighted by molar-refractivity contribution is 9.10. The molecule has 1 rings (SSSR count). The van der Waals surface area contributed by atoms with Gasteiger partial charge in [-0.3, -0.25) is 0 Å². The number of rotatable bonds is 6. The van der Waals surface area contributed by atoms with Crippen molar-refractivity contribution in [2.75, 3.05) is 26.9 Å². The number of methoxy groups -OCH3 is 1. The van der Waals surface area contributed by atoms with Gasteiger partial charge in [0.1, 0.15) is 11.9 Å². The van der Waals surface area contributed by atoms with E-state index in [1.165, 1.54) is 6.07 Å². The van der Waals surface area contributed by atoms with E-state index in [0.717, 1.165) is 0 Å². The van der Waals surface area contributed by atoms with Gasteiger partial charge in [-0.25, -0.2) is 4.39 Å². The molecule has 1 aromatic rings. The number of hydrogen-bond acceptors (Lipinski definition) is 3. The van der Waals surface area contributed by atoms with E-state index in [-0.39, 0.29) is 17.2 Å². The molecule has 0 radical (unpaired) electrons. The van der Waals surface area contributed by atoms with Crippen molar-refractivity contribution in [1.29, 1.82) is 0 Å². The molecule has 1 N–H and O–H groups in total. The highest BCUT2D eigenvalue weighted by Gasteiger charge is 2.17. The Morgan fingerprint density at radius 3 is 2.82 bits per heavy atom. The predicted molar refractivity (Wildman–Crippen MR) is 66.8 cm³/mol. The predicted octanol–water partition coefficient (Wildman–Crippen LogP) is 2.94. The molecule has 0 aliphatic rings. The number of benzene rings is 1.